The Morgan fingerprint density at radius 1 is 1.00 bits per heavy atom. The Morgan fingerprint density at radius 2 is 1.71 bits per heavy atom. The van der Waals surface area contributed by atoms with Crippen molar-refractivity contribution < 1.29 is 14.7 Å². The van der Waals surface area contributed by atoms with Crippen LogP contribution in [0.4, 0.5) is 4.79 Å². The maximum Gasteiger partial charge on any atom is 0.338 e. The number of hydrogen-bond acceptors (Lipinski definition) is 4. The molecule has 0 atom stereocenters. The number of fused-ring (bicyclic) bond motifs is 1. The van der Waals surface area contributed by atoms with Gasteiger partial charge in [-0.3, -0.25) is 5.21 Å². The zero-order valence-corrected chi connectivity index (χ0v) is 17.7. The number of nitrogens with zero attached hydrogens (tertiary/aromatic N) is 2. The molecule has 1 aliphatic carbocycles. The molecule has 0 saturated heterocycles. The molecular weight excluding hydrogens is 390 g/mol. The van der Waals surface area contributed by atoms with Gasteiger partial charge in [-0.25, -0.2) is 14.8 Å². The van der Waals surface area contributed by atoms with E-state index in [4.69, 9.17) is 10.5 Å². The van der Waals surface area contributed by atoms with E-state index in [1.165, 1.54) is 12.8 Å². The number of hydroxylamine groups is 2. The highest BCUT2D eigenvalue weighted by Gasteiger charge is 2.35. The molecule has 1 aromatic heterocycles. The highest BCUT2D eigenvalue weighted by Crippen LogP contribution is 2.39. The number of aromatic nitrogens is 1. The number of rotatable bonds is 6. The van der Waals surface area contributed by atoms with Crippen molar-refractivity contribution in [3.8, 4) is 5.75 Å². The minimum atomic E-state index is -0.813. The molecule has 6 heteroatoms. The predicted molar refractivity (Wildman–Crippen MR) is 120 cm³/mol. The number of primary amides is 1. The van der Waals surface area contributed by atoms with Gasteiger partial charge in [0, 0.05) is 10.8 Å². The van der Waals surface area contributed by atoms with Crippen LogP contribution in [-0.4, -0.2) is 27.8 Å². The first-order valence-electron chi connectivity index (χ1n) is 10.9. The zero-order valence-electron chi connectivity index (χ0n) is 17.7. The quantitative estimate of drug-likeness (QED) is 0.327. The van der Waals surface area contributed by atoms with Crippen LogP contribution in [0.3, 0.4) is 0 Å². The molecule has 1 saturated carbocycles. The third-order valence-corrected chi connectivity index (χ3v) is 6.28. The summed E-state index contributed by atoms with van der Waals surface area (Å²) in [7, 11) is 0. The van der Waals surface area contributed by atoms with Gasteiger partial charge < -0.3 is 10.5 Å². The molecule has 0 radical (unpaired) electrons. The van der Waals surface area contributed by atoms with Gasteiger partial charge in [0.1, 0.15) is 12.4 Å². The molecule has 3 aromatic rings. The van der Waals surface area contributed by atoms with Crippen molar-refractivity contribution in [3.63, 3.8) is 0 Å². The number of ether oxygens (including phenoxy) is 1. The van der Waals surface area contributed by atoms with Crippen LogP contribution in [0, 0.1) is 0 Å². The van der Waals surface area contributed by atoms with E-state index in [0.717, 1.165) is 53.6 Å². The summed E-state index contributed by atoms with van der Waals surface area (Å²) in [6.45, 7) is 0.602. The molecule has 4 rings (SSSR count). The van der Waals surface area contributed by atoms with Crippen molar-refractivity contribution in [3.05, 3.63) is 71.9 Å². The van der Waals surface area contributed by atoms with Crippen LogP contribution in [0.2, 0.25) is 0 Å². The fraction of sp³-hybridized carbons (Fsp3) is 0.360. The Bertz CT molecular complexity index is 1030. The highest BCUT2D eigenvalue weighted by atomic mass is 16.5. The Morgan fingerprint density at radius 3 is 2.42 bits per heavy atom. The van der Waals surface area contributed by atoms with Gasteiger partial charge in [-0.2, -0.15) is 0 Å². The van der Waals surface area contributed by atoms with Gasteiger partial charge in [0.2, 0.25) is 0 Å². The molecule has 1 aliphatic rings. The second-order valence-electron chi connectivity index (χ2n) is 8.40. The number of hydrogen-bond donors (Lipinski definition) is 2. The standard InChI is InChI=1S/C25H29N3O3/c26-24(29)28(30)18-25(15-5-1-2-6-16-25)20-10-13-22(14-11-20)31-17-21-12-9-19-7-3-4-8-23(19)27-21/h3-4,7-14,30H,1-2,5-6,15-18H2,(H2,26,29). The average molecular weight is 420 g/mol. The molecule has 1 heterocycles. The maximum absolute atomic E-state index is 11.5. The van der Waals surface area contributed by atoms with E-state index in [0.29, 0.717) is 11.7 Å². The van der Waals surface area contributed by atoms with E-state index >= 15 is 0 Å². The lowest BCUT2D eigenvalue weighted by atomic mass is 9.74. The van der Waals surface area contributed by atoms with Gasteiger partial charge in [0.25, 0.3) is 0 Å². The Kier molecular flexibility index (Phi) is 6.37. The van der Waals surface area contributed by atoms with Crippen LogP contribution < -0.4 is 10.5 Å². The number of benzene rings is 2. The molecule has 0 unspecified atom stereocenters. The number of amides is 2. The fourth-order valence-corrected chi connectivity index (χ4v) is 4.56. The van der Waals surface area contributed by atoms with Gasteiger partial charge >= 0.3 is 6.03 Å². The predicted octanol–water partition coefficient (Wildman–Crippen LogP) is 5.18. The van der Waals surface area contributed by atoms with Gasteiger partial charge in [0.05, 0.1) is 17.8 Å². The van der Waals surface area contributed by atoms with E-state index in [9.17, 15) is 10.0 Å². The van der Waals surface area contributed by atoms with Crippen molar-refractivity contribution in [2.45, 2.75) is 50.5 Å². The van der Waals surface area contributed by atoms with Crippen molar-refractivity contribution in [1.82, 2.24) is 10.0 Å². The number of urea groups is 1. The number of pyridine rings is 1. The van der Waals surface area contributed by atoms with Crippen LogP contribution in [-0.2, 0) is 12.0 Å². The lowest BCUT2D eigenvalue weighted by Crippen LogP contribution is -2.44. The van der Waals surface area contributed by atoms with E-state index in [-0.39, 0.29) is 12.0 Å². The molecule has 0 bridgehead atoms. The zero-order chi connectivity index (χ0) is 21.7. The first-order chi connectivity index (χ1) is 15.1. The Hall–Kier alpha value is -3.12. The van der Waals surface area contributed by atoms with E-state index < -0.39 is 6.03 Å². The number of para-hydroxylation sites is 1. The first kappa shape index (κ1) is 21.1. The summed E-state index contributed by atoms with van der Waals surface area (Å²) in [5, 5.41) is 11.8. The lowest BCUT2D eigenvalue weighted by molar-refractivity contribution is -0.0579. The molecule has 2 amide bonds. The van der Waals surface area contributed by atoms with E-state index in [2.05, 4.69) is 11.1 Å². The molecule has 0 spiro atoms. The van der Waals surface area contributed by atoms with Gasteiger partial charge in [-0.05, 0) is 42.7 Å². The molecule has 162 valence electrons. The van der Waals surface area contributed by atoms with E-state index in [1.807, 2.05) is 54.6 Å². The van der Waals surface area contributed by atoms with Gasteiger partial charge in [-0.1, -0.05) is 62.1 Å². The normalized spacial score (nSPS) is 15.9. The monoisotopic (exact) mass is 419 g/mol. The smallest absolute Gasteiger partial charge is 0.338 e. The third-order valence-electron chi connectivity index (χ3n) is 6.28. The summed E-state index contributed by atoms with van der Waals surface area (Å²) < 4.78 is 5.96. The summed E-state index contributed by atoms with van der Waals surface area (Å²) in [4.78, 5) is 16.1. The molecule has 31 heavy (non-hydrogen) atoms. The van der Waals surface area contributed by atoms with Crippen molar-refractivity contribution in [2.24, 2.45) is 5.73 Å². The minimum Gasteiger partial charge on any atom is -0.487 e. The number of nitrogens with two attached hydrogens (primary N) is 1. The molecule has 3 N–H and O–H groups in total. The minimum absolute atomic E-state index is 0.212. The summed E-state index contributed by atoms with van der Waals surface area (Å²) in [6, 6.07) is 19.2. The van der Waals surface area contributed by atoms with Crippen LogP contribution in [0.1, 0.15) is 49.8 Å². The van der Waals surface area contributed by atoms with Crippen LogP contribution >= 0.6 is 0 Å². The molecular formula is C25H29N3O3. The number of carbonyl (C=O) groups excluding carboxylic acids is 1. The van der Waals surface area contributed by atoms with E-state index in [1.54, 1.807) is 0 Å². The summed E-state index contributed by atoms with van der Waals surface area (Å²) in [6.07, 6.45) is 6.31. The van der Waals surface area contributed by atoms with Crippen molar-refractivity contribution >= 4 is 16.9 Å². The average Bonchev–Trinajstić information content (AvgIpc) is 3.04. The van der Waals surface area contributed by atoms with Crippen molar-refractivity contribution in [2.75, 3.05) is 6.54 Å². The van der Waals surface area contributed by atoms with Crippen LogP contribution in [0.25, 0.3) is 10.9 Å². The SMILES string of the molecule is NC(=O)N(O)CC1(c2ccc(OCc3ccc4ccccc4n3)cc2)CCCCCC1. The molecule has 1 fully saturated rings. The second-order valence-corrected chi connectivity index (χ2v) is 8.40. The lowest BCUT2D eigenvalue weighted by Gasteiger charge is -2.35. The van der Waals surface area contributed by atoms with Crippen LogP contribution in [0.5, 0.6) is 5.75 Å². The second kappa shape index (κ2) is 9.35. The summed E-state index contributed by atoms with van der Waals surface area (Å²) in [5.41, 5.74) is 7.93. The molecule has 6 nitrogen and oxygen atoms in total. The first-order valence-corrected chi connectivity index (χ1v) is 10.9. The Balaban J connectivity index is 1.48. The van der Waals surface area contributed by atoms with Crippen molar-refractivity contribution in [1.29, 1.82) is 0 Å². The largest absolute Gasteiger partial charge is 0.487 e. The topological polar surface area (TPSA) is 88.7 Å². The summed E-state index contributed by atoms with van der Waals surface area (Å²) >= 11 is 0. The van der Waals surface area contributed by atoms with Crippen LogP contribution in [0.15, 0.2) is 60.7 Å². The van der Waals surface area contributed by atoms with Gasteiger partial charge in [-0.15, -0.1) is 0 Å². The molecule has 0 aliphatic heterocycles. The van der Waals surface area contributed by atoms with Gasteiger partial charge in [0.15, 0.2) is 0 Å². The highest BCUT2D eigenvalue weighted by molar-refractivity contribution is 5.78. The third kappa shape index (κ3) is 4.97. The molecule has 2 aromatic carbocycles. The summed E-state index contributed by atoms with van der Waals surface area (Å²) in [5.74, 6) is 0.762. The maximum atomic E-state index is 11.5. The number of carbonyl (C=O) groups is 1. The fourth-order valence-electron chi connectivity index (χ4n) is 4.56. The Labute approximate surface area is 182 Å².